The molecule has 0 saturated heterocycles. The van der Waals surface area contributed by atoms with Gasteiger partial charge in [0, 0.05) is 24.8 Å². The molecule has 0 spiro atoms. The lowest BCUT2D eigenvalue weighted by Gasteiger charge is -2.17. The number of ketones is 1. The van der Waals surface area contributed by atoms with Gasteiger partial charge in [-0.05, 0) is 25.8 Å². The van der Waals surface area contributed by atoms with Crippen LogP contribution in [0, 0.1) is 0 Å². The van der Waals surface area contributed by atoms with Crippen molar-refractivity contribution in [2.75, 3.05) is 6.61 Å². The minimum absolute atomic E-state index is 0.292. The molecule has 2 nitrogen and oxygen atoms in total. The summed E-state index contributed by atoms with van der Waals surface area (Å²) in [4.78, 5) is 11.7. The summed E-state index contributed by atoms with van der Waals surface area (Å²) in [6, 6.07) is 0. The molecule has 0 amide bonds. The average molecular weight is 192 g/mol. The van der Waals surface area contributed by atoms with Crippen molar-refractivity contribution in [1.29, 1.82) is 0 Å². The van der Waals surface area contributed by atoms with Crippen molar-refractivity contribution < 1.29 is 9.53 Å². The van der Waals surface area contributed by atoms with Crippen molar-refractivity contribution in [2.24, 2.45) is 0 Å². The molecule has 1 aliphatic carbocycles. The van der Waals surface area contributed by atoms with Gasteiger partial charge in [-0.15, -0.1) is 0 Å². The van der Waals surface area contributed by atoms with Crippen LogP contribution in [-0.4, -0.2) is 12.4 Å². The van der Waals surface area contributed by atoms with Gasteiger partial charge in [-0.3, -0.25) is 4.79 Å². The molecule has 0 saturated carbocycles. The van der Waals surface area contributed by atoms with E-state index < -0.39 is 0 Å². The second-order valence-corrected chi connectivity index (χ2v) is 4.20. The molecular formula is C12H16O2. The van der Waals surface area contributed by atoms with E-state index in [-0.39, 0.29) is 0 Å². The van der Waals surface area contributed by atoms with E-state index in [1.54, 1.807) is 0 Å². The Hall–Kier alpha value is -1.05. The lowest BCUT2D eigenvalue weighted by molar-refractivity contribution is -0.116. The summed E-state index contributed by atoms with van der Waals surface area (Å²) in [6.45, 7) is 4.84. The monoisotopic (exact) mass is 192 g/mol. The molecule has 1 heterocycles. The summed E-state index contributed by atoms with van der Waals surface area (Å²) >= 11 is 0. The Morgan fingerprint density at radius 1 is 1.14 bits per heavy atom. The van der Waals surface area contributed by atoms with E-state index in [1.165, 1.54) is 11.1 Å². The van der Waals surface area contributed by atoms with Gasteiger partial charge in [0.25, 0.3) is 0 Å². The Morgan fingerprint density at radius 3 is 2.71 bits per heavy atom. The van der Waals surface area contributed by atoms with Gasteiger partial charge in [-0.1, -0.05) is 5.57 Å². The van der Waals surface area contributed by atoms with Crippen LogP contribution in [-0.2, 0) is 9.53 Å². The fourth-order valence-electron chi connectivity index (χ4n) is 1.96. The van der Waals surface area contributed by atoms with Crippen molar-refractivity contribution in [1.82, 2.24) is 0 Å². The van der Waals surface area contributed by atoms with Crippen LogP contribution in [0.4, 0.5) is 0 Å². The normalized spacial score (nSPS) is 23.1. The minimum atomic E-state index is 0.292. The summed E-state index contributed by atoms with van der Waals surface area (Å²) < 4.78 is 5.66. The number of rotatable bonds is 0. The molecule has 2 rings (SSSR count). The minimum Gasteiger partial charge on any atom is -0.493 e. The van der Waals surface area contributed by atoms with Crippen LogP contribution < -0.4 is 0 Å². The van der Waals surface area contributed by atoms with E-state index in [2.05, 4.69) is 13.8 Å². The lowest BCUT2D eigenvalue weighted by Crippen LogP contribution is -2.12. The largest absolute Gasteiger partial charge is 0.493 e. The zero-order chi connectivity index (χ0) is 10.1. The third-order valence-corrected chi connectivity index (χ3v) is 3.11. The fraction of sp³-hybridized carbons (Fsp3) is 0.583. The van der Waals surface area contributed by atoms with Gasteiger partial charge in [-0.2, -0.15) is 0 Å². The number of ether oxygens (including phenoxy) is 1. The van der Waals surface area contributed by atoms with Crippen molar-refractivity contribution in [3.05, 3.63) is 22.5 Å². The first-order valence-electron chi connectivity index (χ1n) is 5.21. The molecule has 0 aromatic heterocycles. The highest BCUT2D eigenvalue weighted by molar-refractivity contribution is 5.97. The zero-order valence-corrected chi connectivity index (χ0v) is 8.85. The summed E-state index contributed by atoms with van der Waals surface area (Å²) in [7, 11) is 0. The van der Waals surface area contributed by atoms with Crippen LogP contribution in [0.5, 0.6) is 0 Å². The molecule has 0 aromatic carbocycles. The number of carbonyl (C=O) groups excluding carboxylic acids is 1. The van der Waals surface area contributed by atoms with Crippen LogP contribution in [0.2, 0.25) is 0 Å². The molecule has 0 bridgehead atoms. The topological polar surface area (TPSA) is 26.3 Å². The fourth-order valence-corrected chi connectivity index (χ4v) is 1.96. The number of allylic oxidation sites excluding steroid dienone is 3. The predicted octanol–water partition coefficient (Wildman–Crippen LogP) is 2.75. The molecule has 0 fully saturated rings. The Morgan fingerprint density at radius 2 is 1.93 bits per heavy atom. The van der Waals surface area contributed by atoms with Gasteiger partial charge in [0.15, 0.2) is 5.78 Å². The molecule has 0 atom stereocenters. The summed E-state index contributed by atoms with van der Waals surface area (Å²) in [6.07, 6.45) is 3.41. The Kier molecular flexibility index (Phi) is 2.44. The summed E-state index contributed by atoms with van der Waals surface area (Å²) in [5.74, 6) is 1.25. The summed E-state index contributed by atoms with van der Waals surface area (Å²) in [5, 5.41) is 0. The highest BCUT2D eigenvalue weighted by Crippen LogP contribution is 2.31. The zero-order valence-electron chi connectivity index (χ0n) is 8.85. The van der Waals surface area contributed by atoms with Gasteiger partial charge in [-0.25, -0.2) is 0 Å². The van der Waals surface area contributed by atoms with E-state index >= 15 is 0 Å². The van der Waals surface area contributed by atoms with Crippen molar-refractivity contribution in [3.8, 4) is 0 Å². The maximum absolute atomic E-state index is 11.7. The van der Waals surface area contributed by atoms with Crippen LogP contribution in [0.25, 0.3) is 0 Å². The molecule has 0 radical (unpaired) electrons. The molecule has 2 aliphatic rings. The van der Waals surface area contributed by atoms with E-state index in [0.29, 0.717) is 18.8 Å². The standard InChI is InChI=1S/C12H16O2/c1-8-6-10-11(13)4-3-5-12(10)14-7-9(8)2/h3-7H2,1-2H3. The van der Waals surface area contributed by atoms with E-state index in [9.17, 15) is 4.79 Å². The smallest absolute Gasteiger partial charge is 0.162 e. The van der Waals surface area contributed by atoms with Gasteiger partial charge in [0.05, 0.1) is 0 Å². The van der Waals surface area contributed by atoms with Crippen molar-refractivity contribution in [3.63, 3.8) is 0 Å². The molecule has 1 aliphatic heterocycles. The van der Waals surface area contributed by atoms with Gasteiger partial charge in [0.2, 0.25) is 0 Å². The number of Topliss-reactive ketones (excluding diaryl/α,β-unsaturated/α-hetero) is 1. The Bertz CT molecular complexity index is 334. The first kappa shape index (κ1) is 9.50. The molecule has 0 N–H and O–H groups in total. The molecular weight excluding hydrogens is 176 g/mol. The maximum Gasteiger partial charge on any atom is 0.162 e. The SMILES string of the molecule is CC1=C(C)CC2=C(CCCC2=O)OC1. The lowest BCUT2D eigenvalue weighted by atomic mass is 9.91. The van der Waals surface area contributed by atoms with Gasteiger partial charge in [0.1, 0.15) is 12.4 Å². The van der Waals surface area contributed by atoms with Crippen LogP contribution in [0.3, 0.4) is 0 Å². The van der Waals surface area contributed by atoms with Crippen molar-refractivity contribution in [2.45, 2.75) is 39.5 Å². The van der Waals surface area contributed by atoms with Crippen LogP contribution in [0.1, 0.15) is 39.5 Å². The Labute approximate surface area is 84.6 Å². The third kappa shape index (κ3) is 1.61. The van der Waals surface area contributed by atoms with Crippen LogP contribution in [0.15, 0.2) is 22.5 Å². The molecule has 14 heavy (non-hydrogen) atoms. The number of hydrogen-bond acceptors (Lipinski definition) is 2. The quantitative estimate of drug-likeness (QED) is 0.552. The second-order valence-electron chi connectivity index (χ2n) is 4.20. The average Bonchev–Trinajstić information content (AvgIpc) is 2.30. The molecule has 2 heteroatoms. The number of hydrogen-bond donors (Lipinski definition) is 0. The third-order valence-electron chi connectivity index (χ3n) is 3.11. The van der Waals surface area contributed by atoms with E-state index in [4.69, 9.17) is 4.74 Å². The predicted molar refractivity (Wildman–Crippen MR) is 54.8 cm³/mol. The van der Waals surface area contributed by atoms with Gasteiger partial charge >= 0.3 is 0 Å². The molecule has 76 valence electrons. The highest BCUT2D eigenvalue weighted by atomic mass is 16.5. The van der Waals surface area contributed by atoms with Crippen LogP contribution >= 0.6 is 0 Å². The van der Waals surface area contributed by atoms with Gasteiger partial charge < -0.3 is 4.74 Å². The maximum atomic E-state index is 11.7. The Balaban J connectivity index is 2.32. The van der Waals surface area contributed by atoms with Crippen molar-refractivity contribution >= 4 is 5.78 Å². The molecule has 0 aromatic rings. The first-order valence-corrected chi connectivity index (χ1v) is 5.21. The second kappa shape index (κ2) is 3.60. The first-order chi connectivity index (χ1) is 6.68. The van der Waals surface area contributed by atoms with E-state index in [0.717, 1.165) is 30.6 Å². The number of carbonyl (C=O) groups is 1. The van der Waals surface area contributed by atoms with E-state index in [1.807, 2.05) is 0 Å². The highest BCUT2D eigenvalue weighted by Gasteiger charge is 2.24. The summed E-state index contributed by atoms with van der Waals surface area (Å²) in [5.41, 5.74) is 3.50. The molecule has 0 unspecified atom stereocenters.